The van der Waals surface area contributed by atoms with Gasteiger partial charge in [0.15, 0.2) is 0 Å². The van der Waals surface area contributed by atoms with Gasteiger partial charge in [-0.05, 0) is 18.2 Å². The van der Waals surface area contributed by atoms with Crippen LogP contribution in [0.3, 0.4) is 0 Å². The van der Waals surface area contributed by atoms with E-state index in [1.54, 1.807) is 0 Å². The Bertz CT molecular complexity index is 866. The van der Waals surface area contributed by atoms with Gasteiger partial charge in [-0.1, -0.05) is 39.7 Å². The van der Waals surface area contributed by atoms with Gasteiger partial charge in [-0.25, -0.2) is 14.4 Å². The Balaban J connectivity index is -0.000000313. The highest BCUT2D eigenvalue weighted by molar-refractivity contribution is 5.94. The van der Waals surface area contributed by atoms with E-state index < -0.39 is 29.7 Å². The van der Waals surface area contributed by atoms with Gasteiger partial charge < -0.3 is 30.2 Å². The second-order valence-corrected chi connectivity index (χ2v) is 5.88. The number of carbonyl (C=O) groups excluding carboxylic acids is 6. The largest absolute Gasteiger partial charge is 0.464 e. The van der Waals surface area contributed by atoms with E-state index in [1.165, 1.54) is 78.6 Å². The molecule has 0 aromatic rings. The average Bonchev–Trinajstić information content (AvgIpc) is 2.77. The van der Waals surface area contributed by atoms with Crippen LogP contribution in [0.25, 0.3) is 0 Å². The predicted octanol–water partition coefficient (Wildman–Crippen LogP) is 1.57. The molecule has 0 heterocycles. The first-order valence-electron chi connectivity index (χ1n) is 9.42. The summed E-state index contributed by atoms with van der Waals surface area (Å²) in [6.07, 6.45) is 8.09. The third-order valence-electron chi connectivity index (χ3n) is 3.07. The van der Waals surface area contributed by atoms with Crippen LogP contribution in [0.2, 0.25) is 0 Å². The van der Waals surface area contributed by atoms with Crippen LogP contribution in [0.15, 0.2) is 60.1 Å². The number of nitrogens with one attached hydrogen (secondary N) is 3. The molecule has 0 spiro atoms. The standard InChI is InChI=1S/C14H18N2O6.C8H11NO3.2CH4/c1-9(17)15-11(13(19)21-3)7-5-6-8-12(14(20)22-4)16-10(2)18;1-4-5-7(8(11)12-3)9-6(2)10;;/h5-8H,1-4H3,(H,15,17)(H,16,18);4-5H,1H2,2-3H3,(H,9,10);2*1H4/b6-5?,11-7-,12-8?;7-5-;;. The summed E-state index contributed by atoms with van der Waals surface area (Å²) in [7, 11) is 3.59. The number of ether oxygens (including phenoxy) is 3. The summed E-state index contributed by atoms with van der Waals surface area (Å²) < 4.78 is 13.4. The van der Waals surface area contributed by atoms with Gasteiger partial charge in [-0.3, -0.25) is 14.4 Å². The summed E-state index contributed by atoms with van der Waals surface area (Å²) in [6.45, 7) is 7.18. The molecule has 0 aromatic carbocycles. The van der Waals surface area contributed by atoms with Crippen molar-refractivity contribution in [2.45, 2.75) is 35.6 Å². The topological polar surface area (TPSA) is 166 Å². The van der Waals surface area contributed by atoms with Gasteiger partial charge >= 0.3 is 17.9 Å². The Morgan fingerprint density at radius 3 is 1.00 bits per heavy atom. The molecule has 0 radical (unpaired) electrons. The van der Waals surface area contributed by atoms with Gasteiger partial charge in [-0.15, -0.1) is 0 Å². The van der Waals surface area contributed by atoms with E-state index in [4.69, 9.17) is 0 Å². The maximum atomic E-state index is 11.4. The van der Waals surface area contributed by atoms with Gasteiger partial charge in [0.2, 0.25) is 17.7 Å². The lowest BCUT2D eigenvalue weighted by Crippen LogP contribution is -2.25. The highest BCUT2D eigenvalue weighted by Gasteiger charge is 2.11. The highest BCUT2D eigenvalue weighted by Crippen LogP contribution is 1.97. The van der Waals surface area contributed by atoms with Gasteiger partial charge in [0.05, 0.1) is 21.3 Å². The Morgan fingerprint density at radius 2 is 0.806 bits per heavy atom. The second-order valence-electron chi connectivity index (χ2n) is 5.88. The first-order chi connectivity index (χ1) is 15.9. The van der Waals surface area contributed by atoms with E-state index in [1.807, 2.05) is 0 Å². The molecule has 0 aliphatic rings. The molecule has 3 N–H and O–H groups in total. The lowest BCUT2D eigenvalue weighted by molar-refractivity contribution is -0.138. The molecule has 12 nitrogen and oxygen atoms in total. The molecule has 0 aromatic heterocycles. The predicted molar refractivity (Wildman–Crippen MR) is 135 cm³/mol. The summed E-state index contributed by atoms with van der Waals surface area (Å²) in [4.78, 5) is 66.1. The fraction of sp³-hybridized carbons (Fsp3) is 0.333. The summed E-state index contributed by atoms with van der Waals surface area (Å²) >= 11 is 0. The summed E-state index contributed by atoms with van der Waals surface area (Å²) in [5.74, 6) is -3.24. The van der Waals surface area contributed by atoms with Crippen LogP contribution < -0.4 is 16.0 Å². The van der Waals surface area contributed by atoms with Crippen LogP contribution >= 0.6 is 0 Å². The van der Waals surface area contributed by atoms with E-state index in [0.29, 0.717) is 0 Å². The molecule has 0 saturated carbocycles. The van der Waals surface area contributed by atoms with Gasteiger partial charge in [0.1, 0.15) is 17.1 Å². The van der Waals surface area contributed by atoms with Gasteiger partial charge in [-0.2, -0.15) is 0 Å². The number of allylic oxidation sites excluding steroid dienone is 6. The van der Waals surface area contributed by atoms with Crippen molar-refractivity contribution in [1.82, 2.24) is 16.0 Å². The normalized spacial score (nSPS) is 10.7. The number of methoxy groups -OCH3 is 3. The molecule has 0 aliphatic carbocycles. The van der Waals surface area contributed by atoms with Crippen molar-refractivity contribution in [2.75, 3.05) is 21.3 Å². The Morgan fingerprint density at radius 1 is 0.556 bits per heavy atom. The van der Waals surface area contributed by atoms with Crippen LogP contribution in [0, 0.1) is 0 Å². The number of hydrogen-bond donors (Lipinski definition) is 3. The maximum absolute atomic E-state index is 11.4. The van der Waals surface area contributed by atoms with Crippen LogP contribution in [-0.2, 0) is 43.0 Å². The fourth-order valence-electron chi connectivity index (χ4n) is 1.80. The maximum Gasteiger partial charge on any atom is 0.354 e. The molecule has 36 heavy (non-hydrogen) atoms. The molecule has 0 unspecified atom stereocenters. The van der Waals surface area contributed by atoms with Crippen molar-refractivity contribution in [2.24, 2.45) is 0 Å². The highest BCUT2D eigenvalue weighted by atomic mass is 16.5. The number of carbonyl (C=O) groups is 6. The van der Waals surface area contributed by atoms with Crippen molar-refractivity contribution in [3.05, 3.63) is 60.1 Å². The summed E-state index contributed by atoms with van der Waals surface area (Å²) in [6, 6.07) is 0. The first kappa shape index (κ1) is 38.8. The second kappa shape index (κ2) is 22.3. The third kappa shape index (κ3) is 19.0. The van der Waals surface area contributed by atoms with Crippen molar-refractivity contribution in [3.8, 4) is 0 Å². The molecule has 0 aliphatic heterocycles. The minimum atomic E-state index is -0.723. The lowest BCUT2D eigenvalue weighted by atomic mass is 10.3. The van der Waals surface area contributed by atoms with Gasteiger partial charge in [0.25, 0.3) is 0 Å². The van der Waals surface area contributed by atoms with Gasteiger partial charge in [0, 0.05) is 20.8 Å². The SMILES string of the molecule is C.C.C=C/C=C(\NC(C)=O)C(=O)OC.COC(=O)C(=CC=C/C=C(\NC(C)=O)C(=O)OC)NC(C)=O. The minimum Gasteiger partial charge on any atom is -0.464 e. The molecule has 0 bridgehead atoms. The molecule has 12 heteroatoms. The van der Waals surface area contributed by atoms with E-state index >= 15 is 0 Å². The molecule has 0 fully saturated rings. The zero-order valence-corrected chi connectivity index (χ0v) is 19.8. The molecular weight excluding hydrogens is 474 g/mol. The minimum absolute atomic E-state index is 0. The van der Waals surface area contributed by atoms with Crippen LogP contribution in [0.5, 0.6) is 0 Å². The van der Waals surface area contributed by atoms with E-state index in [9.17, 15) is 28.8 Å². The Labute approximate surface area is 212 Å². The lowest BCUT2D eigenvalue weighted by Gasteiger charge is -2.04. The Kier molecular flexibility index (Phi) is 24.0. The number of amides is 3. The average molecular weight is 512 g/mol. The molecular formula is C24H37N3O9. The van der Waals surface area contributed by atoms with Crippen molar-refractivity contribution < 1.29 is 43.0 Å². The third-order valence-corrected chi connectivity index (χ3v) is 3.07. The van der Waals surface area contributed by atoms with Crippen molar-refractivity contribution in [1.29, 1.82) is 0 Å². The van der Waals surface area contributed by atoms with E-state index in [0.717, 1.165) is 0 Å². The van der Waals surface area contributed by atoms with Crippen LogP contribution in [-0.4, -0.2) is 57.0 Å². The summed E-state index contributed by atoms with van der Waals surface area (Å²) in [5, 5.41) is 6.91. The van der Waals surface area contributed by atoms with E-state index in [-0.39, 0.29) is 37.9 Å². The smallest absolute Gasteiger partial charge is 0.354 e. The number of hydrogen-bond acceptors (Lipinski definition) is 9. The van der Waals surface area contributed by atoms with Crippen LogP contribution in [0.4, 0.5) is 0 Å². The van der Waals surface area contributed by atoms with Crippen molar-refractivity contribution >= 4 is 35.6 Å². The Hall–Kier alpha value is -4.48. The summed E-state index contributed by atoms with van der Waals surface area (Å²) in [5.41, 5.74) is -0.0578. The monoisotopic (exact) mass is 511 g/mol. The molecule has 0 atom stereocenters. The molecule has 0 rings (SSSR count). The fourth-order valence-corrected chi connectivity index (χ4v) is 1.80. The quantitative estimate of drug-likeness (QED) is 0.180. The molecule has 0 saturated heterocycles. The molecule has 202 valence electrons. The zero-order valence-electron chi connectivity index (χ0n) is 19.8. The zero-order chi connectivity index (χ0) is 26.7. The number of rotatable bonds is 9. The van der Waals surface area contributed by atoms with Crippen molar-refractivity contribution in [3.63, 3.8) is 0 Å². The van der Waals surface area contributed by atoms with E-state index in [2.05, 4.69) is 36.7 Å². The number of esters is 3. The first-order valence-corrected chi connectivity index (χ1v) is 9.42. The molecule has 3 amide bonds. The van der Waals surface area contributed by atoms with Crippen LogP contribution in [0.1, 0.15) is 35.6 Å².